The van der Waals surface area contributed by atoms with Crippen LogP contribution in [0.1, 0.15) is 13.3 Å². The molecule has 64 valence electrons. The first-order chi connectivity index (χ1) is 5.11. The Morgan fingerprint density at radius 2 is 2.36 bits per heavy atom. The fraction of sp³-hybridized carbons (Fsp3) is 0.857. The van der Waals surface area contributed by atoms with Crippen molar-refractivity contribution in [1.29, 1.82) is 0 Å². The van der Waals surface area contributed by atoms with E-state index >= 15 is 0 Å². The Labute approximate surface area is 66.5 Å². The number of likely N-dealkylation sites (tertiary alicyclic amines) is 1. The normalized spacial score (nSPS) is 28.7. The lowest BCUT2D eigenvalue weighted by molar-refractivity contribution is -0.122. The van der Waals surface area contributed by atoms with Crippen molar-refractivity contribution in [2.75, 3.05) is 13.1 Å². The second-order valence-corrected chi connectivity index (χ2v) is 3.12. The number of rotatable bonds is 2. The van der Waals surface area contributed by atoms with Gasteiger partial charge in [0.05, 0.1) is 6.04 Å². The number of hydrogen-bond acceptors (Lipinski definition) is 3. The molecule has 4 nitrogen and oxygen atoms in total. The summed E-state index contributed by atoms with van der Waals surface area (Å²) in [5.41, 5.74) is 10.8. The predicted octanol–water partition coefficient (Wildman–Crippen LogP) is -1.11. The minimum atomic E-state index is -0.265. The van der Waals surface area contributed by atoms with E-state index in [4.69, 9.17) is 11.5 Å². The van der Waals surface area contributed by atoms with Crippen LogP contribution in [0.15, 0.2) is 0 Å². The Hall–Kier alpha value is -0.610. The molecule has 0 saturated carbocycles. The first-order valence-corrected chi connectivity index (χ1v) is 3.90. The number of carbonyl (C=O) groups excluding carboxylic acids is 1. The van der Waals surface area contributed by atoms with Crippen molar-refractivity contribution in [3.63, 3.8) is 0 Å². The quantitative estimate of drug-likeness (QED) is 0.534. The van der Waals surface area contributed by atoms with Crippen molar-refractivity contribution < 1.29 is 4.79 Å². The maximum atomic E-state index is 10.7. The Bertz CT molecular complexity index is 160. The van der Waals surface area contributed by atoms with Gasteiger partial charge in [-0.2, -0.15) is 0 Å². The number of carbonyl (C=O) groups is 1. The second-order valence-electron chi connectivity index (χ2n) is 3.12. The van der Waals surface area contributed by atoms with Crippen LogP contribution in [0.4, 0.5) is 0 Å². The third-order valence-corrected chi connectivity index (χ3v) is 2.22. The van der Waals surface area contributed by atoms with Gasteiger partial charge in [0.25, 0.3) is 0 Å². The lowest BCUT2D eigenvalue weighted by Crippen LogP contribution is -2.42. The zero-order valence-electron chi connectivity index (χ0n) is 6.79. The largest absolute Gasteiger partial charge is 0.368 e. The third-order valence-electron chi connectivity index (χ3n) is 2.22. The van der Waals surface area contributed by atoms with Crippen LogP contribution in [0, 0.1) is 0 Å². The van der Waals surface area contributed by atoms with Gasteiger partial charge >= 0.3 is 0 Å². The molecule has 1 heterocycles. The van der Waals surface area contributed by atoms with Crippen molar-refractivity contribution in [3.8, 4) is 0 Å². The summed E-state index contributed by atoms with van der Waals surface area (Å²) in [7, 11) is 0. The first-order valence-electron chi connectivity index (χ1n) is 3.90. The van der Waals surface area contributed by atoms with Crippen LogP contribution in [0.3, 0.4) is 0 Å². The molecule has 1 fully saturated rings. The van der Waals surface area contributed by atoms with Gasteiger partial charge in [0.1, 0.15) is 0 Å². The van der Waals surface area contributed by atoms with Crippen molar-refractivity contribution >= 4 is 5.91 Å². The van der Waals surface area contributed by atoms with Crippen LogP contribution in [0.5, 0.6) is 0 Å². The van der Waals surface area contributed by atoms with E-state index in [1.807, 2.05) is 11.8 Å². The van der Waals surface area contributed by atoms with E-state index in [2.05, 4.69) is 0 Å². The van der Waals surface area contributed by atoms with Gasteiger partial charge in [-0.05, 0) is 13.3 Å². The minimum absolute atomic E-state index is 0.163. The van der Waals surface area contributed by atoms with Gasteiger partial charge in [0, 0.05) is 19.1 Å². The van der Waals surface area contributed by atoms with Crippen molar-refractivity contribution in [3.05, 3.63) is 0 Å². The molecule has 1 aliphatic rings. The number of amides is 1. The van der Waals surface area contributed by atoms with Gasteiger partial charge < -0.3 is 11.5 Å². The minimum Gasteiger partial charge on any atom is -0.368 e. The zero-order chi connectivity index (χ0) is 8.43. The van der Waals surface area contributed by atoms with E-state index in [-0.39, 0.29) is 18.0 Å². The smallest absolute Gasteiger partial charge is 0.234 e. The summed E-state index contributed by atoms with van der Waals surface area (Å²) >= 11 is 0. The molecule has 0 bridgehead atoms. The van der Waals surface area contributed by atoms with Crippen molar-refractivity contribution in [2.24, 2.45) is 11.5 Å². The molecule has 4 heteroatoms. The highest BCUT2D eigenvalue weighted by Gasteiger charge is 2.25. The molecule has 0 radical (unpaired) electrons. The van der Waals surface area contributed by atoms with Crippen LogP contribution in [0.2, 0.25) is 0 Å². The van der Waals surface area contributed by atoms with Crippen LogP contribution in [-0.4, -0.2) is 36.0 Å². The molecule has 1 unspecified atom stereocenters. The van der Waals surface area contributed by atoms with Crippen LogP contribution < -0.4 is 11.5 Å². The van der Waals surface area contributed by atoms with Gasteiger partial charge in [0.2, 0.25) is 5.91 Å². The molecule has 1 saturated heterocycles. The molecule has 0 spiro atoms. The average molecular weight is 157 g/mol. The zero-order valence-corrected chi connectivity index (χ0v) is 6.79. The SMILES string of the molecule is CC(C(N)=O)N1CC[C@@H](N)C1. The highest BCUT2D eigenvalue weighted by atomic mass is 16.1. The summed E-state index contributed by atoms with van der Waals surface area (Å²) in [5, 5.41) is 0. The molecule has 1 aliphatic heterocycles. The second kappa shape index (κ2) is 3.19. The van der Waals surface area contributed by atoms with E-state index < -0.39 is 0 Å². The van der Waals surface area contributed by atoms with E-state index in [9.17, 15) is 4.79 Å². The van der Waals surface area contributed by atoms with E-state index in [0.29, 0.717) is 0 Å². The van der Waals surface area contributed by atoms with Gasteiger partial charge in [-0.1, -0.05) is 0 Å². The van der Waals surface area contributed by atoms with E-state index in [1.165, 1.54) is 0 Å². The van der Waals surface area contributed by atoms with Gasteiger partial charge in [-0.3, -0.25) is 9.69 Å². The van der Waals surface area contributed by atoms with Crippen LogP contribution in [0.25, 0.3) is 0 Å². The summed E-state index contributed by atoms with van der Waals surface area (Å²) in [5.74, 6) is -0.265. The summed E-state index contributed by atoms with van der Waals surface area (Å²) < 4.78 is 0. The standard InChI is InChI=1S/C7H15N3O/c1-5(7(9)11)10-3-2-6(8)4-10/h5-6H,2-4,8H2,1H3,(H2,9,11)/t5?,6-/m1/s1. The molecule has 0 aromatic carbocycles. The van der Waals surface area contributed by atoms with Crippen molar-refractivity contribution in [2.45, 2.75) is 25.4 Å². The molecular formula is C7H15N3O. The van der Waals surface area contributed by atoms with Gasteiger partial charge in [0.15, 0.2) is 0 Å². The highest BCUT2D eigenvalue weighted by Crippen LogP contribution is 2.10. The summed E-state index contributed by atoms with van der Waals surface area (Å²) in [4.78, 5) is 12.8. The number of nitrogens with zero attached hydrogens (tertiary/aromatic N) is 1. The Balaban J connectivity index is 2.43. The first kappa shape index (κ1) is 8.49. The fourth-order valence-electron chi connectivity index (χ4n) is 1.35. The predicted molar refractivity (Wildman–Crippen MR) is 42.8 cm³/mol. The number of primary amides is 1. The molecular weight excluding hydrogens is 142 g/mol. The summed E-state index contributed by atoms with van der Waals surface area (Å²) in [6.45, 7) is 3.51. The van der Waals surface area contributed by atoms with E-state index in [0.717, 1.165) is 19.5 Å². The van der Waals surface area contributed by atoms with Gasteiger partial charge in [-0.15, -0.1) is 0 Å². The number of hydrogen-bond donors (Lipinski definition) is 2. The number of nitrogens with two attached hydrogens (primary N) is 2. The fourth-order valence-corrected chi connectivity index (χ4v) is 1.35. The van der Waals surface area contributed by atoms with E-state index in [1.54, 1.807) is 0 Å². The molecule has 11 heavy (non-hydrogen) atoms. The van der Waals surface area contributed by atoms with Crippen LogP contribution in [-0.2, 0) is 4.79 Å². The summed E-state index contributed by atoms with van der Waals surface area (Å²) in [6, 6.07) is 0.0559. The molecule has 1 rings (SSSR count). The van der Waals surface area contributed by atoms with Crippen molar-refractivity contribution in [1.82, 2.24) is 4.90 Å². The average Bonchev–Trinajstić information content (AvgIpc) is 2.34. The molecule has 0 aromatic heterocycles. The third kappa shape index (κ3) is 1.91. The van der Waals surface area contributed by atoms with Crippen LogP contribution >= 0.6 is 0 Å². The maximum absolute atomic E-state index is 10.7. The lowest BCUT2D eigenvalue weighted by Gasteiger charge is -2.20. The Morgan fingerprint density at radius 3 is 2.73 bits per heavy atom. The Morgan fingerprint density at radius 1 is 1.73 bits per heavy atom. The molecule has 4 N–H and O–H groups in total. The molecule has 1 amide bonds. The molecule has 0 aromatic rings. The maximum Gasteiger partial charge on any atom is 0.234 e. The topological polar surface area (TPSA) is 72.4 Å². The molecule has 0 aliphatic carbocycles. The molecule has 2 atom stereocenters. The Kier molecular flexibility index (Phi) is 2.46. The highest BCUT2D eigenvalue weighted by molar-refractivity contribution is 5.79. The summed E-state index contributed by atoms with van der Waals surface area (Å²) in [6.07, 6.45) is 0.970. The monoisotopic (exact) mass is 157 g/mol. The van der Waals surface area contributed by atoms with Gasteiger partial charge in [-0.25, -0.2) is 0 Å². The lowest BCUT2D eigenvalue weighted by atomic mass is 10.3.